The third-order valence-electron chi connectivity index (χ3n) is 1.36. The highest BCUT2D eigenvalue weighted by molar-refractivity contribution is 5.66. The summed E-state index contributed by atoms with van der Waals surface area (Å²) >= 11 is 0. The molecule has 0 fully saturated rings. The summed E-state index contributed by atoms with van der Waals surface area (Å²) in [4.78, 5) is 20.7. The molecule has 6 nitrogen and oxygen atoms in total. The number of carbonyl (C=O) groups excluding carboxylic acids is 2. The molecule has 0 rings (SSSR count). The minimum Gasteiger partial charge on any atom is -0.463 e. The van der Waals surface area contributed by atoms with Crippen LogP contribution in [0.1, 0.15) is 13.8 Å². The lowest BCUT2D eigenvalue weighted by Gasteiger charge is -2.16. The maximum absolute atomic E-state index is 10.3. The van der Waals surface area contributed by atoms with Crippen molar-refractivity contribution in [3.63, 3.8) is 0 Å². The van der Waals surface area contributed by atoms with Gasteiger partial charge in [0.05, 0.1) is 0 Å². The van der Waals surface area contributed by atoms with Gasteiger partial charge in [0.15, 0.2) is 0 Å². The molecular formula is C8H14O6. The van der Waals surface area contributed by atoms with Gasteiger partial charge in [0, 0.05) is 13.8 Å². The highest BCUT2D eigenvalue weighted by Gasteiger charge is 2.18. The summed E-state index contributed by atoms with van der Waals surface area (Å²) in [6.45, 7) is 1.73. The topological polar surface area (TPSA) is 93.1 Å². The fourth-order valence-electron chi connectivity index (χ4n) is 0.628. The molecule has 2 unspecified atom stereocenters. The Morgan fingerprint density at radius 3 is 1.50 bits per heavy atom. The predicted octanol–water partition coefficient (Wildman–Crippen LogP) is -1.17. The molecule has 0 aromatic carbocycles. The van der Waals surface area contributed by atoms with Crippen LogP contribution in [0.2, 0.25) is 0 Å². The molecule has 2 atom stereocenters. The fourth-order valence-corrected chi connectivity index (χ4v) is 0.628. The van der Waals surface area contributed by atoms with Crippen LogP contribution >= 0.6 is 0 Å². The Bertz CT molecular complexity index is 180. The molecule has 0 radical (unpaired) electrons. The molecule has 82 valence electrons. The number of hydrogen-bond donors (Lipinski definition) is 2. The number of aliphatic hydroxyl groups excluding tert-OH is 2. The molecule has 0 aromatic rings. The van der Waals surface area contributed by atoms with E-state index >= 15 is 0 Å². The number of esters is 2. The van der Waals surface area contributed by atoms with Gasteiger partial charge in [0.2, 0.25) is 0 Å². The summed E-state index contributed by atoms with van der Waals surface area (Å²) in [6, 6.07) is 0. The van der Waals surface area contributed by atoms with Crippen molar-refractivity contribution in [2.45, 2.75) is 26.1 Å². The van der Waals surface area contributed by atoms with Crippen molar-refractivity contribution in [3.8, 4) is 0 Å². The summed E-state index contributed by atoms with van der Waals surface area (Å²) in [6.07, 6.45) is -2.50. The average Bonchev–Trinajstić information content (AvgIpc) is 2.09. The number of rotatable bonds is 5. The van der Waals surface area contributed by atoms with Gasteiger partial charge in [0.25, 0.3) is 0 Å². The molecule has 0 aliphatic heterocycles. The Morgan fingerprint density at radius 1 is 1.00 bits per heavy atom. The number of aliphatic hydroxyl groups is 2. The lowest BCUT2D eigenvalue weighted by Crippen LogP contribution is -2.35. The Balaban J connectivity index is 3.69. The SMILES string of the molecule is CC(=O)OCC(O)C(O)COC(C)=O. The van der Waals surface area contributed by atoms with Crippen LogP contribution in [0.4, 0.5) is 0 Å². The Labute approximate surface area is 81.4 Å². The van der Waals surface area contributed by atoms with Gasteiger partial charge in [-0.15, -0.1) is 0 Å². The van der Waals surface area contributed by atoms with Crippen LogP contribution in [0, 0.1) is 0 Å². The smallest absolute Gasteiger partial charge is 0.302 e. The molecule has 0 aromatic heterocycles. The van der Waals surface area contributed by atoms with Crippen molar-refractivity contribution in [2.24, 2.45) is 0 Å². The standard InChI is InChI=1S/C8H14O6/c1-5(9)13-3-7(11)8(12)4-14-6(2)10/h7-8,11-12H,3-4H2,1-2H3. The quantitative estimate of drug-likeness (QED) is 0.551. The number of carbonyl (C=O) groups is 2. The zero-order valence-electron chi connectivity index (χ0n) is 8.10. The maximum Gasteiger partial charge on any atom is 0.302 e. The van der Waals surface area contributed by atoms with E-state index in [1.54, 1.807) is 0 Å². The van der Waals surface area contributed by atoms with Crippen LogP contribution in [-0.2, 0) is 19.1 Å². The van der Waals surface area contributed by atoms with E-state index in [9.17, 15) is 9.59 Å². The van der Waals surface area contributed by atoms with E-state index in [0.717, 1.165) is 0 Å². The van der Waals surface area contributed by atoms with Crippen molar-refractivity contribution < 1.29 is 29.3 Å². The largest absolute Gasteiger partial charge is 0.463 e. The summed E-state index contributed by atoms with van der Waals surface area (Å²) in [5.74, 6) is -1.10. The minimum atomic E-state index is -1.25. The Kier molecular flexibility index (Phi) is 5.82. The van der Waals surface area contributed by atoms with Crippen LogP contribution in [-0.4, -0.2) is 47.6 Å². The molecule has 0 heterocycles. The second-order valence-electron chi connectivity index (χ2n) is 2.74. The summed E-state index contributed by atoms with van der Waals surface area (Å²) in [7, 11) is 0. The monoisotopic (exact) mass is 206 g/mol. The van der Waals surface area contributed by atoms with Crippen LogP contribution in [0.15, 0.2) is 0 Å². The molecule has 0 amide bonds. The van der Waals surface area contributed by atoms with Crippen molar-refractivity contribution in [2.75, 3.05) is 13.2 Å². The first kappa shape index (κ1) is 12.9. The van der Waals surface area contributed by atoms with Gasteiger partial charge in [-0.1, -0.05) is 0 Å². The van der Waals surface area contributed by atoms with Gasteiger partial charge in [-0.25, -0.2) is 0 Å². The molecule has 0 spiro atoms. The second kappa shape index (κ2) is 6.33. The molecule has 6 heteroatoms. The first-order valence-corrected chi connectivity index (χ1v) is 4.06. The van der Waals surface area contributed by atoms with Crippen LogP contribution < -0.4 is 0 Å². The molecule has 0 bridgehead atoms. The van der Waals surface area contributed by atoms with Crippen LogP contribution in [0.5, 0.6) is 0 Å². The summed E-state index contributed by atoms with van der Waals surface area (Å²) < 4.78 is 8.88. The third-order valence-corrected chi connectivity index (χ3v) is 1.36. The zero-order valence-corrected chi connectivity index (χ0v) is 8.10. The van der Waals surface area contributed by atoms with Crippen LogP contribution in [0.25, 0.3) is 0 Å². The van der Waals surface area contributed by atoms with E-state index in [4.69, 9.17) is 10.2 Å². The molecule has 0 aliphatic rings. The maximum atomic E-state index is 10.3. The molecule has 0 saturated carbocycles. The van der Waals surface area contributed by atoms with Gasteiger partial charge in [0.1, 0.15) is 25.4 Å². The van der Waals surface area contributed by atoms with Gasteiger partial charge < -0.3 is 19.7 Å². The number of ether oxygens (including phenoxy) is 2. The Morgan fingerprint density at radius 2 is 1.29 bits per heavy atom. The average molecular weight is 206 g/mol. The van der Waals surface area contributed by atoms with E-state index in [0.29, 0.717) is 0 Å². The van der Waals surface area contributed by atoms with E-state index in [2.05, 4.69) is 9.47 Å². The van der Waals surface area contributed by atoms with E-state index < -0.39 is 24.1 Å². The summed E-state index contributed by atoms with van der Waals surface area (Å²) in [5.41, 5.74) is 0. The highest BCUT2D eigenvalue weighted by atomic mass is 16.6. The molecule has 0 aliphatic carbocycles. The van der Waals surface area contributed by atoms with Gasteiger partial charge in [-0.05, 0) is 0 Å². The number of hydrogen-bond acceptors (Lipinski definition) is 6. The van der Waals surface area contributed by atoms with Crippen molar-refractivity contribution >= 4 is 11.9 Å². The Hall–Kier alpha value is -1.14. The van der Waals surface area contributed by atoms with E-state index in [-0.39, 0.29) is 13.2 Å². The first-order valence-electron chi connectivity index (χ1n) is 4.06. The van der Waals surface area contributed by atoms with Crippen molar-refractivity contribution in [1.82, 2.24) is 0 Å². The van der Waals surface area contributed by atoms with Crippen molar-refractivity contribution in [3.05, 3.63) is 0 Å². The second-order valence-corrected chi connectivity index (χ2v) is 2.74. The molecule has 0 saturated heterocycles. The van der Waals surface area contributed by atoms with Gasteiger partial charge in [-0.3, -0.25) is 9.59 Å². The van der Waals surface area contributed by atoms with Gasteiger partial charge >= 0.3 is 11.9 Å². The van der Waals surface area contributed by atoms with Crippen LogP contribution in [0.3, 0.4) is 0 Å². The third kappa shape index (κ3) is 6.38. The summed E-state index contributed by atoms with van der Waals surface area (Å²) in [5, 5.41) is 18.3. The molecule has 14 heavy (non-hydrogen) atoms. The van der Waals surface area contributed by atoms with Crippen molar-refractivity contribution in [1.29, 1.82) is 0 Å². The lowest BCUT2D eigenvalue weighted by molar-refractivity contribution is -0.153. The zero-order chi connectivity index (χ0) is 11.1. The lowest BCUT2D eigenvalue weighted by atomic mass is 10.2. The first-order chi connectivity index (χ1) is 6.43. The molecule has 2 N–H and O–H groups in total. The fraction of sp³-hybridized carbons (Fsp3) is 0.750. The highest BCUT2D eigenvalue weighted by Crippen LogP contribution is 1.96. The van der Waals surface area contributed by atoms with E-state index in [1.807, 2.05) is 0 Å². The predicted molar refractivity (Wildman–Crippen MR) is 45.3 cm³/mol. The normalized spacial score (nSPS) is 14.3. The van der Waals surface area contributed by atoms with Gasteiger partial charge in [-0.2, -0.15) is 0 Å². The van der Waals surface area contributed by atoms with E-state index in [1.165, 1.54) is 13.8 Å². The minimum absolute atomic E-state index is 0.322. The molecular weight excluding hydrogens is 192 g/mol.